The Morgan fingerprint density at radius 1 is 0.967 bits per heavy atom. The number of carbonyl (C=O) groups is 2. The molecule has 3 aromatic rings. The Balaban J connectivity index is 1.65. The van der Waals surface area contributed by atoms with Gasteiger partial charge in [0.05, 0.1) is 19.1 Å². The summed E-state index contributed by atoms with van der Waals surface area (Å²) in [5.74, 6) is -0.168. The zero-order chi connectivity index (χ0) is 20.7. The van der Waals surface area contributed by atoms with E-state index in [-0.39, 0.29) is 17.9 Å². The van der Waals surface area contributed by atoms with E-state index in [1.807, 2.05) is 65.7 Å². The van der Waals surface area contributed by atoms with Crippen molar-refractivity contribution >= 4 is 11.8 Å². The third-order valence-electron chi connectivity index (χ3n) is 6.02. The predicted octanol–water partition coefficient (Wildman–Crippen LogP) is 3.98. The Morgan fingerprint density at radius 3 is 2.37 bits per heavy atom. The van der Waals surface area contributed by atoms with Crippen molar-refractivity contribution in [2.75, 3.05) is 13.7 Å². The number of hydrogen-bond donors (Lipinski definition) is 0. The van der Waals surface area contributed by atoms with Gasteiger partial charge in [0.15, 0.2) is 0 Å². The fourth-order valence-corrected chi connectivity index (χ4v) is 4.61. The van der Waals surface area contributed by atoms with Gasteiger partial charge >= 0.3 is 0 Å². The lowest BCUT2D eigenvalue weighted by Gasteiger charge is -2.36. The summed E-state index contributed by atoms with van der Waals surface area (Å²) < 4.78 is 5.46. The van der Waals surface area contributed by atoms with Crippen LogP contribution in [0.3, 0.4) is 0 Å². The predicted molar refractivity (Wildman–Crippen MR) is 113 cm³/mol. The van der Waals surface area contributed by atoms with E-state index in [1.165, 1.54) is 10.6 Å². The molecule has 2 heterocycles. The fourth-order valence-electron chi connectivity index (χ4n) is 4.61. The summed E-state index contributed by atoms with van der Waals surface area (Å²) in [6.07, 6.45) is 0.767. The van der Waals surface area contributed by atoms with Gasteiger partial charge in [-0.05, 0) is 47.4 Å². The van der Waals surface area contributed by atoms with Crippen LogP contribution in [0, 0.1) is 0 Å². The number of amides is 2. The smallest absolute Gasteiger partial charge is 0.275 e. The topological polar surface area (TPSA) is 49.9 Å². The number of rotatable bonds is 3. The van der Waals surface area contributed by atoms with E-state index in [4.69, 9.17) is 4.74 Å². The highest BCUT2D eigenvalue weighted by molar-refractivity contribution is 6.07. The summed E-state index contributed by atoms with van der Waals surface area (Å²) in [5, 5.41) is 3.30. The first kappa shape index (κ1) is 18.6. The first-order valence-corrected chi connectivity index (χ1v) is 10.1. The summed E-state index contributed by atoms with van der Waals surface area (Å²) in [5.41, 5.74) is 3.66. The van der Waals surface area contributed by atoms with Gasteiger partial charge in [-0.25, -0.2) is 10.0 Å². The van der Waals surface area contributed by atoms with Crippen molar-refractivity contribution in [3.05, 3.63) is 101 Å². The van der Waals surface area contributed by atoms with Gasteiger partial charge in [-0.2, -0.15) is 0 Å². The summed E-state index contributed by atoms with van der Waals surface area (Å²) in [6.45, 7) is 0.609. The van der Waals surface area contributed by atoms with Gasteiger partial charge in [-0.15, -0.1) is 0 Å². The van der Waals surface area contributed by atoms with Crippen LogP contribution in [0.15, 0.2) is 78.9 Å². The average Bonchev–Trinajstić information content (AvgIpc) is 3.11. The number of nitrogens with zero attached hydrogens (tertiary/aromatic N) is 2. The molecule has 5 nitrogen and oxygen atoms in total. The zero-order valence-electron chi connectivity index (χ0n) is 16.7. The third-order valence-corrected chi connectivity index (χ3v) is 6.02. The van der Waals surface area contributed by atoms with E-state index in [2.05, 4.69) is 6.07 Å². The van der Waals surface area contributed by atoms with Crippen molar-refractivity contribution < 1.29 is 14.3 Å². The molecule has 2 aliphatic rings. The van der Waals surface area contributed by atoms with Crippen LogP contribution < -0.4 is 4.74 Å². The molecule has 2 atom stereocenters. The molecule has 0 aliphatic carbocycles. The number of carbonyl (C=O) groups excluding carboxylic acids is 2. The van der Waals surface area contributed by atoms with Crippen molar-refractivity contribution in [2.24, 2.45) is 0 Å². The molecule has 2 amide bonds. The van der Waals surface area contributed by atoms with Crippen molar-refractivity contribution in [3.8, 4) is 5.75 Å². The average molecular weight is 398 g/mol. The molecule has 30 heavy (non-hydrogen) atoms. The fraction of sp³-hybridized carbons (Fsp3) is 0.200. The molecule has 3 aromatic carbocycles. The van der Waals surface area contributed by atoms with Gasteiger partial charge in [0.1, 0.15) is 5.75 Å². The maximum Gasteiger partial charge on any atom is 0.275 e. The number of fused-ring (bicyclic) bond motifs is 3. The molecular weight excluding hydrogens is 376 g/mol. The van der Waals surface area contributed by atoms with Gasteiger partial charge in [0.2, 0.25) is 0 Å². The normalized spacial score (nSPS) is 20.6. The second-order valence-corrected chi connectivity index (χ2v) is 7.63. The van der Waals surface area contributed by atoms with Crippen molar-refractivity contribution in [1.29, 1.82) is 0 Å². The SMILES string of the molecule is COc1ccc2c(c1)[C@H]1[C@H](c3ccccc3)C(=O)N(C(=O)c3ccccc3)N1CC2. The maximum atomic E-state index is 13.7. The lowest BCUT2D eigenvalue weighted by atomic mass is 9.83. The number of hydrogen-bond acceptors (Lipinski definition) is 4. The molecule has 0 N–H and O–H groups in total. The summed E-state index contributed by atoms with van der Waals surface area (Å²) in [6, 6.07) is 24.5. The Labute approximate surface area is 175 Å². The van der Waals surface area contributed by atoms with Crippen LogP contribution in [-0.4, -0.2) is 35.5 Å². The highest BCUT2D eigenvalue weighted by Gasteiger charge is 2.52. The van der Waals surface area contributed by atoms with Crippen molar-refractivity contribution in [3.63, 3.8) is 0 Å². The molecular formula is C25H22N2O3. The van der Waals surface area contributed by atoms with Gasteiger partial charge in [0.25, 0.3) is 11.8 Å². The molecule has 0 spiro atoms. The molecule has 5 heteroatoms. The Bertz CT molecular complexity index is 1100. The maximum absolute atomic E-state index is 13.7. The Kier molecular flexibility index (Phi) is 4.60. The van der Waals surface area contributed by atoms with E-state index < -0.39 is 5.92 Å². The molecule has 0 bridgehead atoms. The molecule has 0 saturated carbocycles. The molecule has 0 radical (unpaired) electrons. The van der Waals surface area contributed by atoms with Crippen LogP contribution in [0.5, 0.6) is 5.75 Å². The van der Waals surface area contributed by atoms with E-state index >= 15 is 0 Å². The number of benzene rings is 3. The minimum Gasteiger partial charge on any atom is -0.497 e. The molecule has 0 unspecified atom stereocenters. The van der Waals surface area contributed by atoms with Crippen LogP contribution in [0.25, 0.3) is 0 Å². The molecule has 150 valence electrons. The van der Waals surface area contributed by atoms with E-state index in [9.17, 15) is 9.59 Å². The van der Waals surface area contributed by atoms with Crippen LogP contribution in [0.1, 0.15) is 39.0 Å². The molecule has 5 rings (SSSR count). The van der Waals surface area contributed by atoms with E-state index in [0.717, 1.165) is 23.3 Å². The Morgan fingerprint density at radius 2 is 1.67 bits per heavy atom. The number of methoxy groups -OCH3 is 1. The second kappa shape index (κ2) is 7.43. The van der Waals surface area contributed by atoms with E-state index in [1.54, 1.807) is 19.2 Å². The molecule has 1 fully saturated rings. The van der Waals surface area contributed by atoms with Crippen molar-refractivity contribution in [2.45, 2.75) is 18.4 Å². The molecule has 0 aromatic heterocycles. The quantitative estimate of drug-likeness (QED) is 0.627. The first-order valence-electron chi connectivity index (χ1n) is 10.1. The Hall–Kier alpha value is -3.44. The summed E-state index contributed by atoms with van der Waals surface area (Å²) in [7, 11) is 1.64. The minimum atomic E-state index is -0.454. The number of hydrazine groups is 1. The second-order valence-electron chi connectivity index (χ2n) is 7.63. The molecule has 2 aliphatic heterocycles. The van der Waals surface area contributed by atoms with E-state index in [0.29, 0.717) is 12.1 Å². The highest BCUT2D eigenvalue weighted by atomic mass is 16.5. The number of imide groups is 1. The minimum absolute atomic E-state index is 0.185. The van der Waals surface area contributed by atoms with Crippen molar-refractivity contribution in [1.82, 2.24) is 10.0 Å². The van der Waals surface area contributed by atoms with Gasteiger partial charge < -0.3 is 4.74 Å². The lowest BCUT2D eigenvalue weighted by molar-refractivity contribution is -0.134. The number of ether oxygens (including phenoxy) is 1. The van der Waals surface area contributed by atoms with Crippen LogP contribution in [0.2, 0.25) is 0 Å². The monoisotopic (exact) mass is 398 g/mol. The first-order chi connectivity index (χ1) is 14.7. The van der Waals surface area contributed by atoms with Gasteiger partial charge in [-0.1, -0.05) is 54.6 Å². The summed E-state index contributed by atoms with van der Waals surface area (Å²) in [4.78, 5) is 27.0. The summed E-state index contributed by atoms with van der Waals surface area (Å²) >= 11 is 0. The molecule has 1 saturated heterocycles. The van der Waals surface area contributed by atoms with Gasteiger partial charge in [-0.3, -0.25) is 9.59 Å². The van der Waals surface area contributed by atoms with Crippen LogP contribution in [-0.2, 0) is 11.2 Å². The highest BCUT2D eigenvalue weighted by Crippen LogP contribution is 2.48. The standard InChI is InChI=1S/C25H22N2O3/c1-30-20-13-12-17-14-15-26-23(21(17)16-20)22(18-8-4-2-5-9-18)25(29)27(26)24(28)19-10-6-3-7-11-19/h2-13,16,22-23H,14-15H2,1H3/t22-,23-/m0/s1. The third kappa shape index (κ3) is 2.90. The van der Waals surface area contributed by atoms with Gasteiger partial charge in [0, 0.05) is 12.1 Å². The lowest BCUT2D eigenvalue weighted by Crippen LogP contribution is -2.46. The van der Waals surface area contributed by atoms with Crippen LogP contribution >= 0.6 is 0 Å². The zero-order valence-corrected chi connectivity index (χ0v) is 16.7. The largest absolute Gasteiger partial charge is 0.497 e. The van der Waals surface area contributed by atoms with Crippen LogP contribution in [0.4, 0.5) is 0 Å².